The molecule has 78 valence electrons. The molecule has 2 N–H and O–H groups in total. The van der Waals surface area contributed by atoms with E-state index in [2.05, 4.69) is 20.9 Å². The standard InChI is InChI=1S/C11H12BrN3/c1-8(13)11-6-14-7-15(11)10-4-2-9(12)3-5-10/h2-8H,13H2,1H3/t8-/m0/s1. The molecule has 1 aromatic carbocycles. The zero-order valence-corrected chi connectivity index (χ0v) is 9.98. The summed E-state index contributed by atoms with van der Waals surface area (Å²) in [5.41, 5.74) is 7.94. The molecule has 15 heavy (non-hydrogen) atoms. The maximum Gasteiger partial charge on any atom is 0.0994 e. The minimum Gasteiger partial charge on any atom is -0.323 e. The maximum atomic E-state index is 5.86. The fraction of sp³-hybridized carbons (Fsp3) is 0.182. The SMILES string of the molecule is C[C@H](N)c1cncn1-c1ccc(Br)cc1. The molecule has 0 fully saturated rings. The molecule has 0 aliphatic carbocycles. The highest BCUT2D eigenvalue weighted by atomic mass is 79.9. The van der Waals surface area contributed by atoms with E-state index >= 15 is 0 Å². The monoisotopic (exact) mass is 265 g/mol. The molecule has 4 heteroatoms. The van der Waals surface area contributed by atoms with Gasteiger partial charge in [-0.1, -0.05) is 15.9 Å². The second-order valence-electron chi connectivity index (χ2n) is 3.45. The molecular weight excluding hydrogens is 254 g/mol. The lowest BCUT2D eigenvalue weighted by molar-refractivity contribution is 0.752. The summed E-state index contributed by atoms with van der Waals surface area (Å²) in [4.78, 5) is 4.11. The summed E-state index contributed by atoms with van der Waals surface area (Å²) in [7, 11) is 0. The molecule has 0 saturated carbocycles. The van der Waals surface area contributed by atoms with Gasteiger partial charge in [0.25, 0.3) is 0 Å². The Morgan fingerprint density at radius 3 is 2.60 bits per heavy atom. The van der Waals surface area contributed by atoms with Gasteiger partial charge in [-0.25, -0.2) is 4.98 Å². The molecule has 0 spiro atoms. The van der Waals surface area contributed by atoms with Crippen LogP contribution in [0.3, 0.4) is 0 Å². The predicted octanol–water partition coefficient (Wildman–Crippen LogP) is 2.65. The lowest BCUT2D eigenvalue weighted by Gasteiger charge is -2.10. The fourth-order valence-corrected chi connectivity index (χ4v) is 1.72. The number of nitrogens with zero attached hydrogens (tertiary/aromatic N) is 2. The highest BCUT2D eigenvalue weighted by Gasteiger charge is 2.07. The molecule has 0 aliphatic rings. The highest BCUT2D eigenvalue weighted by Crippen LogP contribution is 2.18. The Morgan fingerprint density at radius 2 is 2.00 bits per heavy atom. The van der Waals surface area contributed by atoms with E-state index < -0.39 is 0 Å². The molecule has 3 nitrogen and oxygen atoms in total. The molecule has 0 saturated heterocycles. The van der Waals surface area contributed by atoms with Gasteiger partial charge >= 0.3 is 0 Å². The number of nitrogens with two attached hydrogens (primary N) is 1. The van der Waals surface area contributed by atoms with Gasteiger partial charge in [0.05, 0.1) is 18.2 Å². The second kappa shape index (κ2) is 4.16. The molecule has 0 radical (unpaired) electrons. The number of imidazole rings is 1. The third kappa shape index (κ3) is 2.11. The van der Waals surface area contributed by atoms with Gasteiger partial charge in [0.1, 0.15) is 0 Å². The third-order valence-corrected chi connectivity index (χ3v) is 2.77. The molecule has 0 unspecified atom stereocenters. The van der Waals surface area contributed by atoms with Gasteiger partial charge < -0.3 is 10.3 Å². The average Bonchev–Trinajstić information content (AvgIpc) is 2.67. The van der Waals surface area contributed by atoms with Crippen LogP contribution in [0.4, 0.5) is 0 Å². The highest BCUT2D eigenvalue weighted by molar-refractivity contribution is 9.10. The van der Waals surface area contributed by atoms with Crippen molar-refractivity contribution in [3.05, 3.63) is 47.0 Å². The Bertz CT molecular complexity index is 445. The average molecular weight is 266 g/mol. The van der Waals surface area contributed by atoms with Gasteiger partial charge in [-0.05, 0) is 31.2 Å². The number of hydrogen-bond acceptors (Lipinski definition) is 2. The Labute approximate surface area is 97.1 Å². The van der Waals surface area contributed by atoms with Crippen LogP contribution < -0.4 is 5.73 Å². The van der Waals surface area contributed by atoms with E-state index in [1.807, 2.05) is 35.8 Å². The van der Waals surface area contributed by atoms with E-state index in [0.29, 0.717) is 0 Å². The molecule has 2 rings (SSSR count). The van der Waals surface area contributed by atoms with Gasteiger partial charge in [0, 0.05) is 16.2 Å². The van der Waals surface area contributed by atoms with Gasteiger partial charge in [0.15, 0.2) is 0 Å². The Morgan fingerprint density at radius 1 is 1.33 bits per heavy atom. The summed E-state index contributed by atoms with van der Waals surface area (Å²) in [5.74, 6) is 0. The largest absolute Gasteiger partial charge is 0.323 e. The molecule has 0 amide bonds. The van der Waals surface area contributed by atoms with Crippen LogP contribution in [0.15, 0.2) is 41.3 Å². The summed E-state index contributed by atoms with van der Waals surface area (Å²) >= 11 is 3.41. The first-order valence-electron chi connectivity index (χ1n) is 4.72. The van der Waals surface area contributed by atoms with Crippen molar-refractivity contribution in [3.63, 3.8) is 0 Å². The van der Waals surface area contributed by atoms with E-state index in [4.69, 9.17) is 5.73 Å². The summed E-state index contributed by atoms with van der Waals surface area (Å²) in [6.07, 6.45) is 3.58. The van der Waals surface area contributed by atoms with Crippen molar-refractivity contribution in [1.29, 1.82) is 0 Å². The van der Waals surface area contributed by atoms with Crippen molar-refractivity contribution in [3.8, 4) is 5.69 Å². The Balaban J connectivity index is 2.45. The molecule has 1 atom stereocenters. The predicted molar refractivity (Wildman–Crippen MR) is 63.9 cm³/mol. The Hall–Kier alpha value is -1.13. The molecule has 2 aromatic rings. The zero-order valence-electron chi connectivity index (χ0n) is 8.39. The van der Waals surface area contributed by atoms with Crippen LogP contribution in [0, 0.1) is 0 Å². The molecule has 1 aromatic heterocycles. The first-order valence-corrected chi connectivity index (χ1v) is 5.51. The van der Waals surface area contributed by atoms with Crippen LogP contribution in [0.25, 0.3) is 5.69 Å². The lowest BCUT2D eigenvalue weighted by atomic mass is 10.2. The minimum atomic E-state index is -0.0175. The van der Waals surface area contributed by atoms with E-state index in [0.717, 1.165) is 15.9 Å². The molecule has 1 heterocycles. The van der Waals surface area contributed by atoms with Crippen molar-refractivity contribution in [1.82, 2.24) is 9.55 Å². The van der Waals surface area contributed by atoms with Crippen molar-refractivity contribution in [2.75, 3.05) is 0 Å². The van der Waals surface area contributed by atoms with E-state index in [1.165, 1.54) is 0 Å². The van der Waals surface area contributed by atoms with Gasteiger partial charge in [-0.2, -0.15) is 0 Å². The van der Waals surface area contributed by atoms with Gasteiger partial charge in [-0.15, -0.1) is 0 Å². The van der Waals surface area contributed by atoms with Crippen molar-refractivity contribution in [2.45, 2.75) is 13.0 Å². The van der Waals surface area contributed by atoms with Crippen LogP contribution in [-0.2, 0) is 0 Å². The van der Waals surface area contributed by atoms with Crippen molar-refractivity contribution in [2.24, 2.45) is 5.73 Å². The first kappa shape index (κ1) is 10.4. The van der Waals surface area contributed by atoms with Crippen LogP contribution in [0.2, 0.25) is 0 Å². The summed E-state index contributed by atoms with van der Waals surface area (Å²) in [5, 5.41) is 0. The van der Waals surface area contributed by atoms with Gasteiger partial charge in [-0.3, -0.25) is 0 Å². The van der Waals surface area contributed by atoms with Crippen molar-refractivity contribution < 1.29 is 0 Å². The number of rotatable bonds is 2. The second-order valence-corrected chi connectivity index (χ2v) is 4.37. The quantitative estimate of drug-likeness (QED) is 0.908. The number of benzene rings is 1. The number of hydrogen-bond donors (Lipinski definition) is 1. The minimum absolute atomic E-state index is 0.0175. The van der Waals surface area contributed by atoms with Crippen LogP contribution >= 0.6 is 15.9 Å². The van der Waals surface area contributed by atoms with Crippen LogP contribution in [-0.4, -0.2) is 9.55 Å². The van der Waals surface area contributed by atoms with Gasteiger partial charge in [0.2, 0.25) is 0 Å². The fourth-order valence-electron chi connectivity index (χ4n) is 1.46. The molecular formula is C11H12BrN3. The summed E-state index contributed by atoms with van der Waals surface area (Å²) in [6, 6.07) is 8.03. The lowest BCUT2D eigenvalue weighted by Crippen LogP contribution is -2.10. The summed E-state index contributed by atoms with van der Waals surface area (Å²) in [6.45, 7) is 1.95. The smallest absolute Gasteiger partial charge is 0.0994 e. The first-order chi connectivity index (χ1) is 7.18. The van der Waals surface area contributed by atoms with Crippen LogP contribution in [0.1, 0.15) is 18.7 Å². The van der Waals surface area contributed by atoms with E-state index in [-0.39, 0.29) is 6.04 Å². The number of aromatic nitrogens is 2. The number of halogens is 1. The van der Waals surface area contributed by atoms with Crippen LogP contribution in [0.5, 0.6) is 0 Å². The topological polar surface area (TPSA) is 43.8 Å². The molecule has 0 aliphatic heterocycles. The van der Waals surface area contributed by atoms with E-state index in [1.54, 1.807) is 12.5 Å². The summed E-state index contributed by atoms with van der Waals surface area (Å²) < 4.78 is 3.06. The molecule has 0 bridgehead atoms. The maximum absolute atomic E-state index is 5.86. The van der Waals surface area contributed by atoms with Crippen molar-refractivity contribution >= 4 is 15.9 Å². The third-order valence-electron chi connectivity index (χ3n) is 2.24. The normalized spacial score (nSPS) is 12.7. The Kier molecular flexibility index (Phi) is 2.88. The van der Waals surface area contributed by atoms with E-state index in [9.17, 15) is 0 Å². The zero-order chi connectivity index (χ0) is 10.8.